The van der Waals surface area contributed by atoms with E-state index >= 15 is 0 Å². The summed E-state index contributed by atoms with van der Waals surface area (Å²) in [5.74, 6) is -0.363. The number of rotatable bonds is 3. The molecule has 1 aliphatic rings. The highest BCUT2D eigenvalue weighted by molar-refractivity contribution is 5.74. The first-order valence-corrected chi connectivity index (χ1v) is 5.38. The minimum absolute atomic E-state index is 0.0623. The van der Waals surface area contributed by atoms with Crippen LogP contribution < -0.4 is 10.9 Å². The number of ether oxygens (including phenoxy) is 1. The molecule has 0 bridgehead atoms. The van der Waals surface area contributed by atoms with Crippen molar-refractivity contribution in [2.75, 3.05) is 13.2 Å². The van der Waals surface area contributed by atoms with Gasteiger partial charge in [-0.1, -0.05) is 6.07 Å². The van der Waals surface area contributed by atoms with Crippen LogP contribution >= 0.6 is 0 Å². The van der Waals surface area contributed by atoms with Crippen molar-refractivity contribution >= 4 is 5.97 Å². The Balaban J connectivity index is 2.12. The van der Waals surface area contributed by atoms with Crippen molar-refractivity contribution in [2.24, 2.45) is 5.92 Å². The number of aromatic nitrogens is 1. The topological polar surface area (TPSA) is 63.2 Å². The third kappa shape index (κ3) is 2.20. The zero-order chi connectivity index (χ0) is 11.4. The summed E-state index contributed by atoms with van der Waals surface area (Å²) in [6.07, 6.45) is 3.47. The Labute approximate surface area is 94.2 Å². The van der Waals surface area contributed by atoms with Crippen molar-refractivity contribution in [2.45, 2.75) is 13.0 Å². The van der Waals surface area contributed by atoms with Gasteiger partial charge in [0.1, 0.15) is 0 Å². The predicted octanol–water partition coefficient (Wildman–Crippen LogP) is 0.410. The second-order valence-electron chi connectivity index (χ2n) is 3.65. The Kier molecular flexibility index (Phi) is 3.48. The SMILES string of the molecule is CCOC(=O)C1CNNC1c1cccnc1. The third-order valence-corrected chi connectivity index (χ3v) is 2.61. The maximum absolute atomic E-state index is 11.7. The maximum Gasteiger partial charge on any atom is 0.312 e. The quantitative estimate of drug-likeness (QED) is 0.724. The van der Waals surface area contributed by atoms with Crippen LogP contribution in [-0.4, -0.2) is 24.1 Å². The molecule has 2 atom stereocenters. The molecule has 5 nitrogen and oxygen atoms in total. The van der Waals surface area contributed by atoms with Crippen molar-refractivity contribution in [3.05, 3.63) is 30.1 Å². The fourth-order valence-corrected chi connectivity index (χ4v) is 1.84. The second kappa shape index (κ2) is 5.05. The number of hydrogen-bond acceptors (Lipinski definition) is 5. The Morgan fingerprint density at radius 3 is 3.25 bits per heavy atom. The van der Waals surface area contributed by atoms with E-state index in [1.165, 1.54) is 0 Å². The van der Waals surface area contributed by atoms with Crippen LogP contribution in [0.3, 0.4) is 0 Å². The van der Waals surface area contributed by atoms with Gasteiger partial charge in [0.05, 0.1) is 18.6 Å². The highest BCUT2D eigenvalue weighted by Crippen LogP contribution is 2.24. The summed E-state index contributed by atoms with van der Waals surface area (Å²) < 4.78 is 5.04. The van der Waals surface area contributed by atoms with E-state index in [1.807, 2.05) is 19.1 Å². The summed E-state index contributed by atoms with van der Waals surface area (Å²) in [6.45, 7) is 2.81. The van der Waals surface area contributed by atoms with E-state index in [4.69, 9.17) is 4.74 Å². The molecule has 0 aromatic carbocycles. The van der Waals surface area contributed by atoms with E-state index < -0.39 is 0 Å². The molecule has 2 rings (SSSR count). The number of nitrogens with one attached hydrogen (secondary N) is 2. The van der Waals surface area contributed by atoms with Crippen molar-refractivity contribution in [1.82, 2.24) is 15.8 Å². The molecule has 0 aliphatic carbocycles. The van der Waals surface area contributed by atoms with Crippen LogP contribution in [0.2, 0.25) is 0 Å². The average molecular weight is 221 g/mol. The summed E-state index contributed by atoms with van der Waals surface area (Å²) in [4.78, 5) is 15.8. The fourth-order valence-electron chi connectivity index (χ4n) is 1.84. The summed E-state index contributed by atoms with van der Waals surface area (Å²) in [5.41, 5.74) is 7.04. The second-order valence-corrected chi connectivity index (χ2v) is 3.65. The van der Waals surface area contributed by atoms with Crippen LogP contribution in [0, 0.1) is 5.92 Å². The lowest BCUT2D eigenvalue weighted by molar-refractivity contribution is -0.147. The van der Waals surface area contributed by atoms with Gasteiger partial charge < -0.3 is 4.74 Å². The maximum atomic E-state index is 11.7. The molecule has 86 valence electrons. The van der Waals surface area contributed by atoms with Gasteiger partial charge in [-0.25, -0.2) is 5.43 Å². The molecule has 2 N–H and O–H groups in total. The Hall–Kier alpha value is -1.46. The average Bonchev–Trinajstić information content (AvgIpc) is 2.79. The molecular formula is C11H15N3O2. The van der Waals surface area contributed by atoms with Crippen LogP contribution in [-0.2, 0) is 9.53 Å². The molecule has 16 heavy (non-hydrogen) atoms. The number of pyridine rings is 1. The molecule has 0 saturated carbocycles. The summed E-state index contributed by atoms with van der Waals surface area (Å²) >= 11 is 0. The molecule has 5 heteroatoms. The van der Waals surface area contributed by atoms with E-state index in [-0.39, 0.29) is 17.9 Å². The van der Waals surface area contributed by atoms with Gasteiger partial charge in [-0.15, -0.1) is 0 Å². The van der Waals surface area contributed by atoms with E-state index in [0.717, 1.165) is 5.56 Å². The van der Waals surface area contributed by atoms with Crippen LogP contribution in [0.5, 0.6) is 0 Å². The van der Waals surface area contributed by atoms with Gasteiger partial charge in [-0.05, 0) is 18.6 Å². The van der Waals surface area contributed by atoms with Gasteiger partial charge in [0, 0.05) is 18.9 Å². The van der Waals surface area contributed by atoms with E-state index in [2.05, 4.69) is 15.8 Å². The van der Waals surface area contributed by atoms with Gasteiger partial charge >= 0.3 is 5.97 Å². The predicted molar refractivity (Wildman–Crippen MR) is 58.2 cm³/mol. The fraction of sp³-hybridized carbons (Fsp3) is 0.455. The Morgan fingerprint density at radius 2 is 2.56 bits per heavy atom. The molecule has 0 spiro atoms. The van der Waals surface area contributed by atoms with Crippen LogP contribution in [0.25, 0.3) is 0 Å². The van der Waals surface area contributed by atoms with Gasteiger partial charge in [0.2, 0.25) is 0 Å². The first-order chi connectivity index (χ1) is 7.83. The van der Waals surface area contributed by atoms with Crippen LogP contribution in [0.4, 0.5) is 0 Å². The van der Waals surface area contributed by atoms with Crippen molar-refractivity contribution in [1.29, 1.82) is 0 Å². The minimum atomic E-state index is -0.191. The highest BCUT2D eigenvalue weighted by Gasteiger charge is 2.34. The lowest BCUT2D eigenvalue weighted by atomic mass is 9.96. The first kappa shape index (κ1) is 11.0. The van der Waals surface area contributed by atoms with Gasteiger partial charge in [-0.2, -0.15) is 0 Å². The van der Waals surface area contributed by atoms with Crippen molar-refractivity contribution in [3.63, 3.8) is 0 Å². The van der Waals surface area contributed by atoms with Crippen molar-refractivity contribution < 1.29 is 9.53 Å². The molecule has 0 amide bonds. The molecule has 1 aliphatic heterocycles. The minimum Gasteiger partial charge on any atom is -0.466 e. The zero-order valence-electron chi connectivity index (χ0n) is 9.14. The summed E-state index contributed by atoms with van der Waals surface area (Å²) in [5, 5.41) is 0. The van der Waals surface area contributed by atoms with Crippen LogP contribution in [0.15, 0.2) is 24.5 Å². The number of hydrogen-bond donors (Lipinski definition) is 2. The highest BCUT2D eigenvalue weighted by atomic mass is 16.5. The normalized spacial score (nSPS) is 24.3. The van der Waals surface area contributed by atoms with Gasteiger partial charge in [0.25, 0.3) is 0 Å². The molecule has 1 saturated heterocycles. The molecule has 0 radical (unpaired) electrons. The molecule has 1 aromatic rings. The van der Waals surface area contributed by atoms with E-state index in [0.29, 0.717) is 13.2 Å². The summed E-state index contributed by atoms with van der Waals surface area (Å²) in [6, 6.07) is 3.74. The van der Waals surface area contributed by atoms with Crippen LogP contribution in [0.1, 0.15) is 18.5 Å². The number of carbonyl (C=O) groups excluding carboxylic acids is 1. The monoisotopic (exact) mass is 221 g/mol. The number of hydrazine groups is 1. The summed E-state index contributed by atoms with van der Waals surface area (Å²) in [7, 11) is 0. The van der Waals surface area contributed by atoms with E-state index in [1.54, 1.807) is 12.4 Å². The lowest BCUT2D eigenvalue weighted by Gasteiger charge is -2.16. The standard InChI is InChI=1S/C11H15N3O2/c1-2-16-11(15)9-7-13-14-10(9)8-4-3-5-12-6-8/h3-6,9-10,13-14H,2,7H2,1H3. The molecule has 1 fully saturated rings. The molecule has 2 heterocycles. The third-order valence-electron chi connectivity index (χ3n) is 2.61. The molecule has 1 aromatic heterocycles. The largest absolute Gasteiger partial charge is 0.466 e. The zero-order valence-corrected chi connectivity index (χ0v) is 9.14. The lowest BCUT2D eigenvalue weighted by Crippen LogP contribution is -2.27. The van der Waals surface area contributed by atoms with Gasteiger partial charge in [0.15, 0.2) is 0 Å². The Morgan fingerprint density at radius 1 is 1.69 bits per heavy atom. The first-order valence-electron chi connectivity index (χ1n) is 5.38. The van der Waals surface area contributed by atoms with Gasteiger partial charge in [-0.3, -0.25) is 15.2 Å². The smallest absolute Gasteiger partial charge is 0.312 e. The Bertz CT molecular complexity index is 356. The number of nitrogens with zero attached hydrogens (tertiary/aromatic N) is 1. The number of carbonyl (C=O) groups is 1. The van der Waals surface area contributed by atoms with E-state index in [9.17, 15) is 4.79 Å². The van der Waals surface area contributed by atoms with Crippen molar-refractivity contribution in [3.8, 4) is 0 Å². The molecular weight excluding hydrogens is 206 g/mol. The molecule has 2 unspecified atom stereocenters. The number of esters is 1.